The van der Waals surface area contributed by atoms with Gasteiger partial charge in [0.2, 0.25) is 0 Å². The topological polar surface area (TPSA) is 40.5 Å². The molecule has 4 aromatic rings. The van der Waals surface area contributed by atoms with Crippen LogP contribution in [0, 0.1) is 0 Å². The molecular formula is C25H23NO3. The van der Waals surface area contributed by atoms with Crippen LogP contribution in [0.3, 0.4) is 0 Å². The minimum atomic E-state index is -0.196. The van der Waals surface area contributed by atoms with Crippen molar-refractivity contribution >= 4 is 16.9 Å². The van der Waals surface area contributed by atoms with E-state index in [4.69, 9.17) is 9.47 Å². The Morgan fingerprint density at radius 3 is 2.31 bits per heavy atom. The molecule has 146 valence electrons. The zero-order chi connectivity index (χ0) is 20.1. The lowest BCUT2D eigenvalue weighted by Gasteiger charge is -2.08. The van der Waals surface area contributed by atoms with Gasteiger partial charge in [-0.3, -0.25) is 4.79 Å². The van der Waals surface area contributed by atoms with Crippen LogP contribution < -0.4 is 4.74 Å². The van der Waals surface area contributed by atoms with Gasteiger partial charge in [0.25, 0.3) is 0 Å². The van der Waals surface area contributed by atoms with Crippen molar-refractivity contribution in [2.45, 2.75) is 19.9 Å². The van der Waals surface area contributed by atoms with E-state index >= 15 is 0 Å². The highest BCUT2D eigenvalue weighted by atomic mass is 16.5. The standard InChI is InChI=1S/C25H23NO3/c1-2-28-25(27)16-20-18-26(24-11-7-6-10-23(20)24)17-19-12-14-22(15-13-19)29-21-8-4-3-5-9-21/h3-15,18H,2,16-17H2,1H3. The number of carbonyl (C=O) groups excluding carboxylic acids is 1. The molecule has 0 aliphatic heterocycles. The molecule has 1 heterocycles. The average molecular weight is 385 g/mol. The predicted molar refractivity (Wildman–Crippen MR) is 114 cm³/mol. The van der Waals surface area contributed by atoms with E-state index in [-0.39, 0.29) is 12.4 Å². The molecule has 4 heteroatoms. The van der Waals surface area contributed by atoms with Crippen molar-refractivity contribution in [3.8, 4) is 11.5 Å². The second-order valence-electron chi connectivity index (χ2n) is 6.84. The van der Waals surface area contributed by atoms with E-state index in [1.165, 1.54) is 0 Å². The smallest absolute Gasteiger partial charge is 0.310 e. The molecule has 29 heavy (non-hydrogen) atoms. The van der Waals surface area contributed by atoms with E-state index in [2.05, 4.69) is 35.0 Å². The van der Waals surface area contributed by atoms with Crippen molar-refractivity contribution in [1.82, 2.24) is 4.57 Å². The Kier molecular flexibility index (Phi) is 5.61. The van der Waals surface area contributed by atoms with Crippen molar-refractivity contribution in [3.63, 3.8) is 0 Å². The third kappa shape index (κ3) is 4.49. The number of nitrogens with zero attached hydrogens (tertiary/aromatic N) is 1. The maximum Gasteiger partial charge on any atom is 0.310 e. The zero-order valence-electron chi connectivity index (χ0n) is 16.4. The number of ether oxygens (including phenoxy) is 2. The molecule has 4 rings (SSSR count). The van der Waals surface area contributed by atoms with E-state index in [1.807, 2.05) is 61.5 Å². The lowest BCUT2D eigenvalue weighted by atomic mass is 10.1. The number of hydrogen-bond acceptors (Lipinski definition) is 3. The van der Waals surface area contributed by atoms with Crippen LogP contribution in [-0.2, 0) is 22.5 Å². The monoisotopic (exact) mass is 385 g/mol. The normalized spacial score (nSPS) is 10.8. The maximum absolute atomic E-state index is 12.0. The Balaban J connectivity index is 1.54. The van der Waals surface area contributed by atoms with Gasteiger partial charge >= 0.3 is 5.97 Å². The summed E-state index contributed by atoms with van der Waals surface area (Å²) in [7, 11) is 0. The van der Waals surface area contributed by atoms with Gasteiger partial charge in [-0.25, -0.2) is 0 Å². The van der Waals surface area contributed by atoms with E-state index in [0.29, 0.717) is 6.61 Å². The molecule has 0 fully saturated rings. The molecule has 0 aliphatic rings. The molecule has 0 spiro atoms. The molecule has 0 N–H and O–H groups in total. The molecule has 0 saturated carbocycles. The third-order valence-electron chi connectivity index (χ3n) is 4.77. The molecule has 3 aromatic carbocycles. The number of rotatable bonds is 7. The summed E-state index contributed by atoms with van der Waals surface area (Å²) >= 11 is 0. The largest absolute Gasteiger partial charge is 0.466 e. The summed E-state index contributed by atoms with van der Waals surface area (Å²) in [6, 6.07) is 26.0. The lowest BCUT2D eigenvalue weighted by molar-refractivity contribution is -0.142. The van der Waals surface area contributed by atoms with E-state index in [1.54, 1.807) is 0 Å². The van der Waals surface area contributed by atoms with E-state index in [9.17, 15) is 4.79 Å². The van der Waals surface area contributed by atoms with Crippen LogP contribution in [0.4, 0.5) is 0 Å². The fourth-order valence-corrected chi connectivity index (χ4v) is 3.45. The summed E-state index contributed by atoms with van der Waals surface area (Å²) in [5.74, 6) is 1.43. The Hall–Kier alpha value is -3.53. The Labute approximate surface area is 170 Å². The quantitative estimate of drug-likeness (QED) is 0.390. The number of carbonyl (C=O) groups is 1. The summed E-state index contributed by atoms with van der Waals surface area (Å²) in [5, 5.41) is 1.09. The van der Waals surface area contributed by atoms with Gasteiger partial charge in [-0.1, -0.05) is 48.5 Å². The van der Waals surface area contributed by atoms with Crippen LogP contribution in [0.15, 0.2) is 85.1 Å². The molecule has 0 bridgehead atoms. The van der Waals surface area contributed by atoms with Gasteiger partial charge in [-0.2, -0.15) is 0 Å². The Bertz CT molecular complexity index is 1100. The molecule has 0 aliphatic carbocycles. The maximum atomic E-state index is 12.0. The van der Waals surface area contributed by atoms with Gasteiger partial charge in [0.1, 0.15) is 11.5 Å². The van der Waals surface area contributed by atoms with Gasteiger partial charge in [-0.05, 0) is 48.4 Å². The van der Waals surface area contributed by atoms with Gasteiger partial charge in [0.15, 0.2) is 0 Å². The summed E-state index contributed by atoms with van der Waals surface area (Å²) in [6.07, 6.45) is 2.33. The lowest BCUT2D eigenvalue weighted by Crippen LogP contribution is -2.07. The van der Waals surface area contributed by atoms with Crippen LogP contribution in [0.5, 0.6) is 11.5 Å². The van der Waals surface area contributed by atoms with Gasteiger partial charge in [-0.15, -0.1) is 0 Å². The van der Waals surface area contributed by atoms with Crippen LogP contribution in [-0.4, -0.2) is 17.1 Å². The molecule has 0 amide bonds. The molecule has 0 radical (unpaired) electrons. The number of hydrogen-bond donors (Lipinski definition) is 0. The number of aromatic nitrogens is 1. The number of benzene rings is 3. The molecule has 0 atom stereocenters. The number of esters is 1. The van der Waals surface area contributed by atoms with Gasteiger partial charge < -0.3 is 14.0 Å². The molecule has 1 aromatic heterocycles. The highest BCUT2D eigenvalue weighted by molar-refractivity contribution is 5.88. The highest BCUT2D eigenvalue weighted by Gasteiger charge is 2.12. The molecule has 0 unspecified atom stereocenters. The minimum Gasteiger partial charge on any atom is -0.466 e. The van der Waals surface area contributed by atoms with Crippen LogP contribution in [0.25, 0.3) is 10.9 Å². The first-order chi connectivity index (χ1) is 14.2. The molecular weight excluding hydrogens is 362 g/mol. The van der Waals surface area contributed by atoms with Crippen molar-refractivity contribution in [3.05, 3.63) is 96.2 Å². The average Bonchev–Trinajstić information content (AvgIpc) is 3.08. The predicted octanol–water partition coefficient (Wildman–Crippen LogP) is 5.59. The Morgan fingerprint density at radius 2 is 1.55 bits per heavy atom. The number of fused-ring (bicyclic) bond motifs is 1. The van der Waals surface area contributed by atoms with Crippen molar-refractivity contribution in [1.29, 1.82) is 0 Å². The van der Waals surface area contributed by atoms with Gasteiger partial charge in [0.05, 0.1) is 13.0 Å². The van der Waals surface area contributed by atoms with Crippen molar-refractivity contribution in [2.75, 3.05) is 6.61 Å². The summed E-state index contributed by atoms with van der Waals surface area (Å²) in [6.45, 7) is 2.94. The Morgan fingerprint density at radius 1 is 0.862 bits per heavy atom. The van der Waals surface area contributed by atoms with E-state index in [0.717, 1.165) is 40.1 Å². The van der Waals surface area contributed by atoms with Crippen LogP contribution >= 0.6 is 0 Å². The number of para-hydroxylation sites is 2. The SMILES string of the molecule is CCOC(=O)Cc1cn(Cc2ccc(Oc3ccccc3)cc2)c2ccccc12. The second kappa shape index (κ2) is 8.65. The van der Waals surface area contributed by atoms with Crippen LogP contribution in [0.2, 0.25) is 0 Å². The third-order valence-corrected chi connectivity index (χ3v) is 4.77. The fraction of sp³-hybridized carbons (Fsp3) is 0.160. The first kappa shape index (κ1) is 18.8. The van der Waals surface area contributed by atoms with Crippen molar-refractivity contribution < 1.29 is 14.3 Å². The first-order valence-corrected chi connectivity index (χ1v) is 9.77. The van der Waals surface area contributed by atoms with E-state index < -0.39 is 0 Å². The molecule has 0 saturated heterocycles. The second-order valence-corrected chi connectivity index (χ2v) is 6.84. The van der Waals surface area contributed by atoms with Crippen molar-refractivity contribution in [2.24, 2.45) is 0 Å². The highest BCUT2D eigenvalue weighted by Crippen LogP contribution is 2.25. The fourth-order valence-electron chi connectivity index (χ4n) is 3.45. The zero-order valence-corrected chi connectivity index (χ0v) is 16.4. The summed E-state index contributed by atoms with van der Waals surface area (Å²) < 4.78 is 13.2. The van der Waals surface area contributed by atoms with Gasteiger partial charge in [0, 0.05) is 23.6 Å². The first-order valence-electron chi connectivity index (χ1n) is 9.77. The summed E-state index contributed by atoms with van der Waals surface area (Å²) in [5.41, 5.74) is 3.26. The molecule has 4 nitrogen and oxygen atoms in total. The minimum absolute atomic E-state index is 0.196. The van der Waals surface area contributed by atoms with Crippen LogP contribution in [0.1, 0.15) is 18.1 Å². The summed E-state index contributed by atoms with van der Waals surface area (Å²) in [4.78, 5) is 12.0.